The number of hydrogen-bond donors (Lipinski definition) is 3. The van der Waals surface area contributed by atoms with E-state index in [0.717, 1.165) is 6.42 Å². The van der Waals surface area contributed by atoms with E-state index in [1.165, 1.54) is 6.07 Å². The van der Waals surface area contributed by atoms with Crippen LogP contribution in [0.15, 0.2) is 18.2 Å². The van der Waals surface area contributed by atoms with Gasteiger partial charge in [-0.25, -0.2) is 0 Å². The zero-order valence-corrected chi connectivity index (χ0v) is 11.5. The van der Waals surface area contributed by atoms with Crippen LogP contribution in [0.3, 0.4) is 0 Å². The van der Waals surface area contributed by atoms with Crippen LogP contribution >= 0.6 is 0 Å². The van der Waals surface area contributed by atoms with E-state index in [2.05, 4.69) is 19.2 Å². The Hall–Kier alpha value is -1.75. The summed E-state index contributed by atoms with van der Waals surface area (Å²) in [6, 6.07) is 4.70. The molecular weight excluding hydrogens is 244 g/mol. The summed E-state index contributed by atoms with van der Waals surface area (Å²) in [5.41, 5.74) is 5.90. The lowest BCUT2D eigenvalue weighted by molar-refractivity contribution is 0.0903. The van der Waals surface area contributed by atoms with E-state index in [0.29, 0.717) is 25.7 Å². The first-order valence-corrected chi connectivity index (χ1v) is 6.45. The van der Waals surface area contributed by atoms with Gasteiger partial charge in [0.25, 0.3) is 5.91 Å². The van der Waals surface area contributed by atoms with Crippen molar-refractivity contribution < 1.29 is 14.6 Å². The molecule has 0 aliphatic heterocycles. The molecule has 0 atom stereocenters. The van der Waals surface area contributed by atoms with Crippen LogP contribution in [0.5, 0.6) is 5.75 Å². The van der Waals surface area contributed by atoms with E-state index in [1.54, 1.807) is 12.1 Å². The number of phenols is 1. The minimum Gasteiger partial charge on any atom is -0.505 e. The van der Waals surface area contributed by atoms with Crippen LogP contribution in [-0.2, 0) is 4.74 Å². The first-order valence-electron chi connectivity index (χ1n) is 6.45. The number of nitrogens with two attached hydrogens (primary N) is 1. The van der Waals surface area contributed by atoms with Crippen LogP contribution in [0, 0.1) is 5.92 Å². The van der Waals surface area contributed by atoms with E-state index in [9.17, 15) is 9.90 Å². The number of phenolic OH excluding ortho intramolecular Hbond substituents is 1. The van der Waals surface area contributed by atoms with Gasteiger partial charge in [-0.2, -0.15) is 0 Å². The molecule has 0 fully saturated rings. The third kappa shape index (κ3) is 5.18. The molecule has 0 bridgehead atoms. The molecule has 0 saturated heterocycles. The highest BCUT2D eigenvalue weighted by Gasteiger charge is 2.11. The van der Waals surface area contributed by atoms with Crippen molar-refractivity contribution in [2.24, 2.45) is 5.92 Å². The molecule has 4 N–H and O–H groups in total. The Morgan fingerprint density at radius 3 is 2.84 bits per heavy atom. The molecule has 0 saturated carbocycles. The molecule has 0 heterocycles. The average molecular weight is 266 g/mol. The van der Waals surface area contributed by atoms with Gasteiger partial charge in [-0.3, -0.25) is 4.79 Å². The highest BCUT2D eigenvalue weighted by Crippen LogP contribution is 2.23. The molecule has 19 heavy (non-hydrogen) atoms. The van der Waals surface area contributed by atoms with Crippen molar-refractivity contribution in [3.8, 4) is 5.75 Å². The molecule has 0 radical (unpaired) electrons. The molecule has 5 nitrogen and oxygen atoms in total. The summed E-state index contributed by atoms with van der Waals surface area (Å²) in [7, 11) is 0. The molecule has 0 aliphatic rings. The molecule has 1 amide bonds. The maximum Gasteiger partial charge on any atom is 0.255 e. The van der Waals surface area contributed by atoms with Gasteiger partial charge in [0, 0.05) is 13.2 Å². The SMILES string of the molecule is CC(C)CCOCCNC(=O)c1cccc(N)c1O. The molecule has 1 aromatic carbocycles. The summed E-state index contributed by atoms with van der Waals surface area (Å²) in [5, 5.41) is 12.3. The van der Waals surface area contributed by atoms with Crippen molar-refractivity contribution in [1.29, 1.82) is 0 Å². The summed E-state index contributed by atoms with van der Waals surface area (Å²) in [5.74, 6) is 0.0804. The molecule has 1 aromatic rings. The summed E-state index contributed by atoms with van der Waals surface area (Å²) in [6.45, 7) is 5.82. The average Bonchev–Trinajstić information content (AvgIpc) is 2.36. The number of rotatable bonds is 7. The van der Waals surface area contributed by atoms with Gasteiger partial charge in [0.05, 0.1) is 17.9 Å². The van der Waals surface area contributed by atoms with E-state index in [-0.39, 0.29) is 22.9 Å². The predicted octanol–water partition coefficient (Wildman–Crippen LogP) is 1.77. The van der Waals surface area contributed by atoms with E-state index in [4.69, 9.17) is 10.5 Å². The smallest absolute Gasteiger partial charge is 0.255 e. The maximum absolute atomic E-state index is 11.8. The zero-order valence-electron chi connectivity index (χ0n) is 11.5. The van der Waals surface area contributed by atoms with Crippen molar-refractivity contribution in [3.05, 3.63) is 23.8 Å². The first kappa shape index (κ1) is 15.3. The Labute approximate surface area is 113 Å². The third-order valence-electron chi connectivity index (χ3n) is 2.68. The number of carbonyl (C=O) groups is 1. The van der Waals surface area contributed by atoms with Crippen molar-refractivity contribution in [3.63, 3.8) is 0 Å². The van der Waals surface area contributed by atoms with Gasteiger partial charge >= 0.3 is 0 Å². The molecular formula is C14H22N2O3. The lowest BCUT2D eigenvalue weighted by atomic mass is 10.1. The number of benzene rings is 1. The second kappa shape index (κ2) is 7.63. The quantitative estimate of drug-likeness (QED) is 0.399. The van der Waals surface area contributed by atoms with Gasteiger partial charge in [0.15, 0.2) is 5.75 Å². The van der Waals surface area contributed by atoms with Crippen LogP contribution in [0.4, 0.5) is 5.69 Å². The lowest BCUT2D eigenvalue weighted by Crippen LogP contribution is -2.27. The Morgan fingerprint density at radius 2 is 2.16 bits per heavy atom. The summed E-state index contributed by atoms with van der Waals surface area (Å²) in [4.78, 5) is 11.8. The van der Waals surface area contributed by atoms with Crippen LogP contribution in [0.1, 0.15) is 30.6 Å². The van der Waals surface area contributed by atoms with Crippen molar-refractivity contribution >= 4 is 11.6 Å². The predicted molar refractivity (Wildman–Crippen MR) is 75.1 cm³/mol. The minimum atomic E-state index is -0.350. The highest BCUT2D eigenvalue weighted by molar-refractivity contribution is 5.98. The summed E-state index contributed by atoms with van der Waals surface area (Å²) in [6.07, 6.45) is 1.00. The largest absolute Gasteiger partial charge is 0.505 e. The Balaban J connectivity index is 2.30. The van der Waals surface area contributed by atoms with Crippen molar-refractivity contribution in [2.75, 3.05) is 25.5 Å². The monoisotopic (exact) mass is 266 g/mol. The number of ether oxygens (including phenoxy) is 1. The molecule has 106 valence electrons. The number of nitrogens with one attached hydrogen (secondary N) is 1. The zero-order chi connectivity index (χ0) is 14.3. The number of amides is 1. The van der Waals surface area contributed by atoms with Crippen LogP contribution in [-0.4, -0.2) is 30.8 Å². The maximum atomic E-state index is 11.8. The number of para-hydroxylation sites is 1. The van der Waals surface area contributed by atoms with Crippen LogP contribution < -0.4 is 11.1 Å². The standard InChI is InChI=1S/C14H22N2O3/c1-10(2)6-8-19-9-7-16-14(18)11-4-3-5-12(15)13(11)17/h3-5,10,17H,6-9,15H2,1-2H3,(H,16,18). The second-order valence-corrected chi connectivity index (χ2v) is 4.79. The number of aromatic hydroxyl groups is 1. The molecule has 0 aromatic heterocycles. The number of anilines is 1. The van der Waals surface area contributed by atoms with Crippen molar-refractivity contribution in [1.82, 2.24) is 5.32 Å². The van der Waals surface area contributed by atoms with Gasteiger partial charge in [-0.05, 0) is 24.5 Å². The number of carbonyl (C=O) groups excluding carboxylic acids is 1. The van der Waals surface area contributed by atoms with Crippen molar-refractivity contribution in [2.45, 2.75) is 20.3 Å². The summed E-state index contributed by atoms with van der Waals surface area (Å²) >= 11 is 0. The van der Waals surface area contributed by atoms with Gasteiger partial charge in [-0.15, -0.1) is 0 Å². The van der Waals surface area contributed by atoms with Gasteiger partial charge in [-0.1, -0.05) is 19.9 Å². The normalized spacial score (nSPS) is 10.7. The molecule has 1 rings (SSSR count). The first-order chi connectivity index (χ1) is 9.02. The van der Waals surface area contributed by atoms with Gasteiger partial charge in [0.2, 0.25) is 0 Å². The Kier molecular flexibility index (Phi) is 6.15. The highest BCUT2D eigenvalue weighted by atomic mass is 16.5. The topological polar surface area (TPSA) is 84.6 Å². The van der Waals surface area contributed by atoms with E-state index in [1.807, 2.05) is 0 Å². The second-order valence-electron chi connectivity index (χ2n) is 4.79. The van der Waals surface area contributed by atoms with E-state index >= 15 is 0 Å². The third-order valence-corrected chi connectivity index (χ3v) is 2.68. The fourth-order valence-electron chi connectivity index (χ4n) is 1.50. The van der Waals surface area contributed by atoms with E-state index < -0.39 is 0 Å². The van der Waals surface area contributed by atoms with Crippen LogP contribution in [0.2, 0.25) is 0 Å². The number of nitrogen functional groups attached to an aromatic ring is 1. The van der Waals surface area contributed by atoms with Crippen LogP contribution in [0.25, 0.3) is 0 Å². The Morgan fingerprint density at radius 1 is 1.42 bits per heavy atom. The summed E-state index contributed by atoms with van der Waals surface area (Å²) < 4.78 is 5.38. The van der Waals surface area contributed by atoms with Gasteiger partial charge in [0.1, 0.15) is 0 Å². The Bertz CT molecular complexity index is 419. The molecule has 5 heteroatoms. The minimum absolute atomic E-state index is 0.180. The fraction of sp³-hybridized carbons (Fsp3) is 0.500. The number of hydrogen-bond acceptors (Lipinski definition) is 4. The molecule has 0 aliphatic carbocycles. The molecule has 0 unspecified atom stereocenters. The van der Waals surface area contributed by atoms with Gasteiger partial charge < -0.3 is 20.9 Å². The fourth-order valence-corrected chi connectivity index (χ4v) is 1.50. The molecule has 0 spiro atoms. The lowest BCUT2D eigenvalue weighted by Gasteiger charge is -2.09.